The molecule has 8 heteroatoms. The standard InChI is InChI=1S/C19H20N2O5S/c1-12-4-6-15(7-5-12)27(23,24)20-11-14-8-13-9-17(25-2)18(26-3)10-16(13)21-19(14)22/h4-10,20H,11H2,1-3H3,(H,21,22). The van der Waals surface area contributed by atoms with E-state index in [0.29, 0.717) is 28.0 Å². The molecule has 0 saturated carbocycles. The van der Waals surface area contributed by atoms with E-state index >= 15 is 0 Å². The maximum atomic E-state index is 12.4. The number of nitrogens with one attached hydrogen (secondary N) is 2. The van der Waals surface area contributed by atoms with Gasteiger partial charge < -0.3 is 14.5 Å². The summed E-state index contributed by atoms with van der Waals surface area (Å²) in [7, 11) is -0.686. The number of pyridine rings is 1. The van der Waals surface area contributed by atoms with Crippen molar-refractivity contribution in [2.24, 2.45) is 0 Å². The highest BCUT2D eigenvalue weighted by Crippen LogP contribution is 2.31. The summed E-state index contributed by atoms with van der Waals surface area (Å²) in [5.41, 5.74) is 1.46. The molecular formula is C19H20N2O5S. The average Bonchev–Trinajstić information content (AvgIpc) is 2.65. The van der Waals surface area contributed by atoms with Gasteiger partial charge >= 0.3 is 0 Å². The van der Waals surface area contributed by atoms with E-state index in [9.17, 15) is 13.2 Å². The van der Waals surface area contributed by atoms with Crippen LogP contribution in [0, 0.1) is 6.92 Å². The van der Waals surface area contributed by atoms with Crippen LogP contribution in [0.15, 0.2) is 52.2 Å². The summed E-state index contributed by atoms with van der Waals surface area (Å²) in [6.45, 7) is 1.75. The van der Waals surface area contributed by atoms with Crippen LogP contribution < -0.4 is 19.8 Å². The van der Waals surface area contributed by atoms with Crippen LogP contribution in [0.3, 0.4) is 0 Å². The Morgan fingerprint density at radius 3 is 2.26 bits per heavy atom. The zero-order chi connectivity index (χ0) is 19.6. The monoisotopic (exact) mass is 388 g/mol. The Morgan fingerprint density at radius 1 is 1.00 bits per heavy atom. The Labute approximate surface area is 157 Å². The largest absolute Gasteiger partial charge is 0.493 e. The fourth-order valence-corrected chi connectivity index (χ4v) is 3.69. The van der Waals surface area contributed by atoms with Gasteiger partial charge in [0.1, 0.15) is 0 Å². The number of aromatic amines is 1. The van der Waals surface area contributed by atoms with Crippen molar-refractivity contribution in [3.63, 3.8) is 0 Å². The number of rotatable bonds is 6. The molecular weight excluding hydrogens is 368 g/mol. The molecule has 0 atom stereocenters. The van der Waals surface area contributed by atoms with Gasteiger partial charge in [-0.3, -0.25) is 4.79 Å². The quantitative estimate of drug-likeness (QED) is 0.675. The van der Waals surface area contributed by atoms with Crippen LogP contribution in [0.5, 0.6) is 11.5 Å². The number of hydrogen-bond donors (Lipinski definition) is 2. The molecule has 27 heavy (non-hydrogen) atoms. The Balaban J connectivity index is 1.91. The van der Waals surface area contributed by atoms with E-state index in [1.807, 2.05) is 6.92 Å². The van der Waals surface area contributed by atoms with E-state index in [1.165, 1.54) is 26.4 Å². The van der Waals surface area contributed by atoms with Gasteiger partial charge in [-0.15, -0.1) is 0 Å². The normalized spacial score (nSPS) is 11.5. The van der Waals surface area contributed by atoms with Gasteiger partial charge in [-0.25, -0.2) is 13.1 Å². The zero-order valence-corrected chi connectivity index (χ0v) is 16.0. The second-order valence-electron chi connectivity index (χ2n) is 6.06. The molecule has 1 aromatic heterocycles. The van der Waals surface area contributed by atoms with Crippen molar-refractivity contribution in [1.29, 1.82) is 0 Å². The zero-order valence-electron chi connectivity index (χ0n) is 15.2. The molecule has 0 fully saturated rings. The Morgan fingerprint density at radius 2 is 1.63 bits per heavy atom. The molecule has 0 amide bonds. The predicted molar refractivity (Wildman–Crippen MR) is 103 cm³/mol. The van der Waals surface area contributed by atoms with Crippen LogP contribution in [-0.4, -0.2) is 27.6 Å². The first-order valence-electron chi connectivity index (χ1n) is 8.18. The van der Waals surface area contributed by atoms with E-state index in [2.05, 4.69) is 9.71 Å². The molecule has 0 radical (unpaired) electrons. The number of H-pyrrole nitrogens is 1. The summed E-state index contributed by atoms with van der Waals surface area (Å²) in [4.78, 5) is 15.2. The number of hydrogen-bond acceptors (Lipinski definition) is 5. The third-order valence-corrected chi connectivity index (χ3v) is 5.63. The van der Waals surface area contributed by atoms with E-state index in [0.717, 1.165) is 5.56 Å². The second kappa shape index (κ2) is 7.42. The first kappa shape index (κ1) is 18.9. The number of fused-ring (bicyclic) bond motifs is 1. The van der Waals surface area contributed by atoms with Crippen LogP contribution in [0.25, 0.3) is 10.9 Å². The van der Waals surface area contributed by atoms with Crippen LogP contribution in [0.4, 0.5) is 0 Å². The van der Waals surface area contributed by atoms with Crippen molar-refractivity contribution in [2.45, 2.75) is 18.4 Å². The minimum Gasteiger partial charge on any atom is -0.493 e. The van der Waals surface area contributed by atoms with Crippen molar-refractivity contribution < 1.29 is 17.9 Å². The highest BCUT2D eigenvalue weighted by Gasteiger charge is 2.15. The second-order valence-corrected chi connectivity index (χ2v) is 7.82. The molecule has 0 aliphatic heterocycles. The molecule has 2 aromatic carbocycles. The number of aromatic nitrogens is 1. The number of sulfonamides is 1. The maximum Gasteiger partial charge on any atom is 0.252 e. The van der Waals surface area contributed by atoms with Crippen LogP contribution in [0.1, 0.15) is 11.1 Å². The van der Waals surface area contributed by atoms with Gasteiger partial charge in [-0.05, 0) is 31.2 Å². The van der Waals surface area contributed by atoms with Gasteiger partial charge in [0.05, 0.1) is 24.6 Å². The summed E-state index contributed by atoms with van der Waals surface area (Å²) in [5, 5.41) is 0.705. The maximum absolute atomic E-state index is 12.4. The van der Waals surface area contributed by atoms with Crippen molar-refractivity contribution in [1.82, 2.24) is 9.71 Å². The average molecular weight is 388 g/mol. The van der Waals surface area contributed by atoms with E-state index in [1.54, 1.807) is 30.3 Å². The third-order valence-electron chi connectivity index (χ3n) is 4.21. The van der Waals surface area contributed by atoms with Crippen molar-refractivity contribution in [3.05, 3.63) is 63.9 Å². The number of ether oxygens (including phenoxy) is 2. The Kier molecular flexibility index (Phi) is 5.20. The SMILES string of the molecule is COc1cc2cc(CNS(=O)(=O)c3ccc(C)cc3)c(=O)[nH]c2cc1OC. The number of benzene rings is 2. The number of methoxy groups -OCH3 is 2. The summed E-state index contributed by atoms with van der Waals surface area (Å²) < 4.78 is 37.8. The first-order chi connectivity index (χ1) is 12.8. The molecule has 1 heterocycles. The molecule has 0 aliphatic carbocycles. The molecule has 0 aliphatic rings. The number of aryl methyl sites for hydroxylation is 1. The van der Waals surface area contributed by atoms with Crippen molar-refractivity contribution in [3.8, 4) is 11.5 Å². The van der Waals surface area contributed by atoms with Crippen LogP contribution in [-0.2, 0) is 16.6 Å². The summed E-state index contributed by atoms with van der Waals surface area (Å²) in [6.07, 6.45) is 0. The highest BCUT2D eigenvalue weighted by atomic mass is 32.2. The lowest BCUT2D eigenvalue weighted by molar-refractivity contribution is 0.356. The van der Waals surface area contributed by atoms with Gasteiger partial charge in [0, 0.05) is 23.6 Å². The van der Waals surface area contributed by atoms with Gasteiger partial charge in [0.15, 0.2) is 11.5 Å². The lowest BCUT2D eigenvalue weighted by Gasteiger charge is -2.11. The van der Waals surface area contributed by atoms with Crippen LogP contribution >= 0.6 is 0 Å². The van der Waals surface area contributed by atoms with E-state index < -0.39 is 10.0 Å². The smallest absolute Gasteiger partial charge is 0.252 e. The van der Waals surface area contributed by atoms with Crippen molar-refractivity contribution in [2.75, 3.05) is 14.2 Å². The van der Waals surface area contributed by atoms with E-state index in [-0.39, 0.29) is 17.0 Å². The molecule has 0 bridgehead atoms. The molecule has 0 unspecified atom stereocenters. The molecule has 0 saturated heterocycles. The van der Waals surface area contributed by atoms with Crippen molar-refractivity contribution >= 4 is 20.9 Å². The summed E-state index contributed by atoms with van der Waals surface area (Å²) >= 11 is 0. The fraction of sp³-hybridized carbons (Fsp3) is 0.211. The predicted octanol–water partition coefficient (Wildman–Crippen LogP) is 2.33. The topological polar surface area (TPSA) is 97.5 Å². The van der Waals surface area contributed by atoms with Gasteiger partial charge in [-0.1, -0.05) is 17.7 Å². The first-order valence-corrected chi connectivity index (χ1v) is 9.66. The molecule has 142 valence electrons. The summed E-state index contributed by atoms with van der Waals surface area (Å²) in [5.74, 6) is 1.01. The van der Waals surface area contributed by atoms with Crippen LogP contribution in [0.2, 0.25) is 0 Å². The van der Waals surface area contributed by atoms with Gasteiger partial charge in [-0.2, -0.15) is 0 Å². The minimum absolute atomic E-state index is 0.129. The molecule has 0 spiro atoms. The third kappa shape index (κ3) is 3.96. The molecule has 3 aromatic rings. The summed E-state index contributed by atoms with van der Waals surface area (Å²) in [6, 6.07) is 11.5. The molecule has 2 N–H and O–H groups in total. The fourth-order valence-electron chi connectivity index (χ4n) is 2.68. The molecule has 7 nitrogen and oxygen atoms in total. The lowest BCUT2D eigenvalue weighted by atomic mass is 10.1. The minimum atomic E-state index is -3.72. The highest BCUT2D eigenvalue weighted by molar-refractivity contribution is 7.89. The van der Waals surface area contributed by atoms with Gasteiger partial charge in [0.2, 0.25) is 10.0 Å². The molecule has 3 rings (SSSR count). The van der Waals surface area contributed by atoms with E-state index in [4.69, 9.17) is 9.47 Å². The lowest BCUT2D eigenvalue weighted by Crippen LogP contribution is -2.27. The Hall–Kier alpha value is -2.84. The Bertz CT molecular complexity index is 1140. The van der Waals surface area contributed by atoms with Gasteiger partial charge in [0.25, 0.3) is 5.56 Å².